The van der Waals surface area contributed by atoms with Crippen LogP contribution in [0.1, 0.15) is 25.3 Å². The van der Waals surface area contributed by atoms with Gasteiger partial charge in [0, 0.05) is 6.42 Å². The highest BCUT2D eigenvalue weighted by Crippen LogP contribution is 2.12. The summed E-state index contributed by atoms with van der Waals surface area (Å²) in [5.41, 5.74) is 6.54. The summed E-state index contributed by atoms with van der Waals surface area (Å²) < 4.78 is 5.07. The van der Waals surface area contributed by atoms with E-state index >= 15 is 0 Å². The molecular formula is C14H21N3O3. The second kappa shape index (κ2) is 8.04. The van der Waals surface area contributed by atoms with E-state index in [1.807, 2.05) is 31.2 Å². The zero-order chi connectivity index (χ0) is 15.0. The van der Waals surface area contributed by atoms with E-state index < -0.39 is 6.04 Å². The Bertz CT molecular complexity index is 457. The number of aryl methyl sites for hydroxylation is 1. The average molecular weight is 279 g/mol. The van der Waals surface area contributed by atoms with Gasteiger partial charge in [-0.15, -0.1) is 0 Å². The lowest BCUT2D eigenvalue weighted by Gasteiger charge is -2.15. The zero-order valence-corrected chi connectivity index (χ0v) is 11.8. The number of carbonyl (C=O) groups is 1. The first-order valence-electron chi connectivity index (χ1n) is 6.50. The van der Waals surface area contributed by atoms with Crippen molar-refractivity contribution in [2.45, 2.75) is 32.2 Å². The highest BCUT2D eigenvalue weighted by molar-refractivity contribution is 5.89. The van der Waals surface area contributed by atoms with Crippen LogP contribution in [-0.2, 0) is 11.2 Å². The van der Waals surface area contributed by atoms with Gasteiger partial charge in [0.1, 0.15) is 5.75 Å². The number of methoxy groups -OCH3 is 1. The second-order valence-electron chi connectivity index (χ2n) is 4.40. The van der Waals surface area contributed by atoms with Crippen molar-refractivity contribution in [2.24, 2.45) is 10.9 Å². The van der Waals surface area contributed by atoms with E-state index in [0.717, 1.165) is 11.3 Å². The molecule has 0 aliphatic rings. The largest absolute Gasteiger partial charge is 0.497 e. The Morgan fingerprint density at radius 3 is 2.60 bits per heavy atom. The number of hydrogen-bond donors (Lipinski definition) is 3. The fourth-order valence-corrected chi connectivity index (χ4v) is 1.77. The van der Waals surface area contributed by atoms with Gasteiger partial charge in [0.25, 0.3) is 0 Å². The van der Waals surface area contributed by atoms with Gasteiger partial charge in [-0.05, 0) is 30.5 Å². The highest BCUT2D eigenvalue weighted by atomic mass is 16.5. The van der Waals surface area contributed by atoms with Gasteiger partial charge in [-0.3, -0.25) is 4.79 Å². The summed E-state index contributed by atoms with van der Waals surface area (Å²) in [6.45, 7) is 1.85. The maximum absolute atomic E-state index is 11.8. The Morgan fingerprint density at radius 2 is 2.10 bits per heavy atom. The van der Waals surface area contributed by atoms with E-state index in [-0.39, 0.29) is 11.7 Å². The molecule has 1 unspecified atom stereocenters. The summed E-state index contributed by atoms with van der Waals surface area (Å²) in [5.74, 6) is 0.681. The van der Waals surface area contributed by atoms with Crippen LogP contribution in [0.15, 0.2) is 29.4 Å². The number of oxime groups is 1. The van der Waals surface area contributed by atoms with Crippen molar-refractivity contribution < 1.29 is 14.7 Å². The second-order valence-corrected chi connectivity index (χ2v) is 4.40. The molecular weight excluding hydrogens is 258 g/mol. The Hall–Kier alpha value is -2.24. The Morgan fingerprint density at radius 1 is 1.45 bits per heavy atom. The van der Waals surface area contributed by atoms with E-state index in [1.54, 1.807) is 7.11 Å². The number of nitrogens with two attached hydrogens (primary N) is 1. The molecule has 6 nitrogen and oxygen atoms in total. The van der Waals surface area contributed by atoms with Gasteiger partial charge in [0.15, 0.2) is 5.84 Å². The Balaban J connectivity index is 2.46. The van der Waals surface area contributed by atoms with Crippen molar-refractivity contribution >= 4 is 11.7 Å². The number of benzene rings is 1. The molecule has 0 heterocycles. The number of rotatable bonds is 7. The maximum Gasteiger partial charge on any atom is 0.220 e. The lowest BCUT2D eigenvalue weighted by molar-refractivity contribution is -0.121. The number of nitrogens with zero attached hydrogens (tertiary/aromatic N) is 1. The molecule has 1 aromatic rings. The number of nitrogens with one attached hydrogen (secondary N) is 1. The number of amidine groups is 1. The molecule has 0 radical (unpaired) electrons. The van der Waals surface area contributed by atoms with Gasteiger partial charge in [0.05, 0.1) is 13.2 Å². The molecule has 6 heteroatoms. The molecule has 0 fully saturated rings. The summed E-state index contributed by atoms with van der Waals surface area (Å²) in [7, 11) is 1.61. The first kappa shape index (κ1) is 15.8. The van der Waals surface area contributed by atoms with Crippen LogP contribution in [0.2, 0.25) is 0 Å². The Labute approximate surface area is 118 Å². The van der Waals surface area contributed by atoms with Crippen LogP contribution < -0.4 is 15.8 Å². The minimum absolute atomic E-state index is 0.0188. The molecule has 1 aromatic carbocycles. The molecule has 0 spiro atoms. The van der Waals surface area contributed by atoms with E-state index in [2.05, 4.69) is 10.5 Å². The van der Waals surface area contributed by atoms with Gasteiger partial charge in [-0.1, -0.05) is 24.2 Å². The number of carbonyl (C=O) groups excluding carboxylic acids is 1. The molecule has 20 heavy (non-hydrogen) atoms. The number of ether oxygens (including phenoxy) is 1. The third-order valence-corrected chi connectivity index (χ3v) is 3.02. The topological polar surface area (TPSA) is 96.9 Å². The van der Waals surface area contributed by atoms with Crippen LogP contribution in [-0.4, -0.2) is 30.1 Å². The predicted octanol–water partition coefficient (Wildman–Crippen LogP) is 1.27. The number of amides is 1. The van der Waals surface area contributed by atoms with E-state index in [9.17, 15) is 4.79 Å². The highest BCUT2D eigenvalue weighted by Gasteiger charge is 2.14. The van der Waals surface area contributed by atoms with E-state index in [4.69, 9.17) is 15.7 Å². The predicted molar refractivity (Wildman–Crippen MR) is 76.9 cm³/mol. The SMILES string of the molecule is CCC(NC(=O)CCc1ccc(OC)cc1)/C(N)=N/O. The van der Waals surface area contributed by atoms with Gasteiger partial charge in [0.2, 0.25) is 5.91 Å². The van der Waals surface area contributed by atoms with Crippen LogP contribution in [0.25, 0.3) is 0 Å². The summed E-state index contributed by atoms with van der Waals surface area (Å²) >= 11 is 0. The fourth-order valence-electron chi connectivity index (χ4n) is 1.77. The van der Waals surface area contributed by atoms with Gasteiger partial charge in [-0.2, -0.15) is 0 Å². The van der Waals surface area contributed by atoms with Crippen LogP contribution in [0.4, 0.5) is 0 Å². The van der Waals surface area contributed by atoms with Crippen molar-refractivity contribution in [2.75, 3.05) is 7.11 Å². The molecule has 0 aliphatic heterocycles. The molecule has 0 bridgehead atoms. The molecule has 1 rings (SSSR count). The lowest BCUT2D eigenvalue weighted by atomic mass is 10.1. The minimum atomic E-state index is -0.427. The third kappa shape index (κ3) is 4.79. The third-order valence-electron chi connectivity index (χ3n) is 3.02. The zero-order valence-electron chi connectivity index (χ0n) is 11.8. The molecule has 1 atom stereocenters. The van der Waals surface area contributed by atoms with Crippen molar-refractivity contribution in [1.82, 2.24) is 5.32 Å². The van der Waals surface area contributed by atoms with Crippen LogP contribution >= 0.6 is 0 Å². The summed E-state index contributed by atoms with van der Waals surface area (Å²) in [6.07, 6.45) is 1.55. The fraction of sp³-hybridized carbons (Fsp3) is 0.429. The first-order valence-corrected chi connectivity index (χ1v) is 6.50. The van der Waals surface area contributed by atoms with E-state index in [0.29, 0.717) is 19.3 Å². The molecule has 0 aromatic heterocycles. The lowest BCUT2D eigenvalue weighted by Crippen LogP contribution is -2.44. The minimum Gasteiger partial charge on any atom is -0.497 e. The van der Waals surface area contributed by atoms with E-state index in [1.165, 1.54) is 0 Å². The molecule has 4 N–H and O–H groups in total. The average Bonchev–Trinajstić information content (AvgIpc) is 2.50. The number of hydrogen-bond acceptors (Lipinski definition) is 4. The van der Waals surface area contributed by atoms with Crippen LogP contribution in [0.5, 0.6) is 5.75 Å². The normalized spacial score (nSPS) is 12.8. The first-order chi connectivity index (χ1) is 9.60. The van der Waals surface area contributed by atoms with Crippen molar-refractivity contribution in [1.29, 1.82) is 0 Å². The molecule has 0 saturated carbocycles. The summed E-state index contributed by atoms with van der Waals surface area (Å²) in [4.78, 5) is 11.8. The quantitative estimate of drug-likeness (QED) is 0.303. The van der Waals surface area contributed by atoms with Gasteiger partial charge in [-0.25, -0.2) is 0 Å². The smallest absolute Gasteiger partial charge is 0.220 e. The van der Waals surface area contributed by atoms with Crippen LogP contribution in [0.3, 0.4) is 0 Å². The summed E-state index contributed by atoms with van der Waals surface area (Å²) in [6, 6.07) is 7.14. The van der Waals surface area contributed by atoms with Gasteiger partial charge < -0.3 is 21.0 Å². The van der Waals surface area contributed by atoms with Gasteiger partial charge >= 0.3 is 0 Å². The molecule has 1 amide bonds. The van der Waals surface area contributed by atoms with Crippen molar-refractivity contribution in [3.05, 3.63) is 29.8 Å². The standard InChI is InChI=1S/C14H21N3O3/c1-3-12(14(15)17-19)16-13(18)9-6-10-4-7-11(20-2)8-5-10/h4-5,7-8,12,19H,3,6,9H2,1-2H3,(H2,15,17)(H,16,18). The molecule has 0 saturated heterocycles. The molecule has 110 valence electrons. The maximum atomic E-state index is 11.8. The van der Waals surface area contributed by atoms with Crippen molar-refractivity contribution in [3.8, 4) is 5.75 Å². The summed E-state index contributed by atoms with van der Waals surface area (Å²) in [5, 5.41) is 14.3. The van der Waals surface area contributed by atoms with Crippen LogP contribution in [0, 0.1) is 0 Å². The van der Waals surface area contributed by atoms with Crippen molar-refractivity contribution in [3.63, 3.8) is 0 Å². The Kier molecular flexibility index (Phi) is 6.36. The molecule has 0 aliphatic carbocycles. The monoisotopic (exact) mass is 279 g/mol.